The highest BCUT2D eigenvalue weighted by Crippen LogP contribution is 2.23. The summed E-state index contributed by atoms with van der Waals surface area (Å²) in [6.07, 6.45) is 0. The van der Waals surface area contributed by atoms with Crippen LogP contribution in [0.4, 0.5) is 5.69 Å². The lowest BCUT2D eigenvalue weighted by molar-refractivity contribution is -0.118. The minimum atomic E-state index is -0.235. The maximum Gasteiger partial charge on any atom is 0.262 e. The van der Waals surface area contributed by atoms with E-state index in [0.717, 1.165) is 16.9 Å². The third kappa shape index (κ3) is 3.52. The number of rotatable bonds is 4. The standard InChI is InChI=1S/C16H16ClNO2/c1-11-6-5-7-12(2)16(11)20-10-15(19)18-14-9-4-3-8-13(14)17/h3-9H,10H2,1-2H3,(H,18,19). The molecule has 3 nitrogen and oxygen atoms in total. The Morgan fingerprint density at radius 3 is 2.40 bits per heavy atom. The number of carbonyl (C=O) groups excluding carboxylic acids is 1. The molecule has 2 rings (SSSR count). The van der Waals surface area contributed by atoms with Gasteiger partial charge in [-0.3, -0.25) is 4.79 Å². The Kier molecular flexibility index (Phi) is 4.64. The van der Waals surface area contributed by atoms with Crippen LogP contribution in [0.2, 0.25) is 5.02 Å². The lowest BCUT2D eigenvalue weighted by atomic mass is 10.1. The van der Waals surface area contributed by atoms with Gasteiger partial charge < -0.3 is 10.1 Å². The van der Waals surface area contributed by atoms with Crippen molar-refractivity contribution in [3.63, 3.8) is 0 Å². The third-order valence-corrected chi connectivity index (χ3v) is 3.23. The molecule has 0 saturated carbocycles. The van der Waals surface area contributed by atoms with Gasteiger partial charge in [0.2, 0.25) is 0 Å². The maximum absolute atomic E-state index is 11.9. The molecule has 20 heavy (non-hydrogen) atoms. The highest BCUT2D eigenvalue weighted by molar-refractivity contribution is 6.33. The van der Waals surface area contributed by atoms with Crippen molar-refractivity contribution in [3.05, 3.63) is 58.6 Å². The van der Waals surface area contributed by atoms with Gasteiger partial charge in [-0.2, -0.15) is 0 Å². The lowest BCUT2D eigenvalue weighted by Gasteiger charge is -2.12. The van der Waals surface area contributed by atoms with E-state index in [-0.39, 0.29) is 12.5 Å². The van der Waals surface area contributed by atoms with Crippen LogP contribution in [0.5, 0.6) is 5.75 Å². The van der Waals surface area contributed by atoms with Crippen molar-refractivity contribution in [3.8, 4) is 5.75 Å². The van der Waals surface area contributed by atoms with E-state index in [1.807, 2.05) is 44.2 Å². The smallest absolute Gasteiger partial charge is 0.262 e. The maximum atomic E-state index is 11.9. The van der Waals surface area contributed by atoms with E-state index >= 15 is 0 Å². The van der Waals surface area contributed by atoms with Crippen LogP contribution >= 0.6 is 11.6 Å². The van der Waals surface area contributed by atoms with E-state index in [4.69, 9.17) is 16.3 Å². The lowest BCUT2D eigenvalue weighted by Crippen LogP contribution is -2.20. The van der Waals surface area contributed by atoms with Gasteiger partial charge in [0.15, 0.2) is 6.61 Å². The van der Waals surface area contributed by atoms with Gasteiger partial charge in [0.25, 0.3) is 5.91 Å². The van der Waals surface area contributed by atoms with Gasteiger partial charge in [-0.15, -0.1) is 0 Å². The van der Waals surface area contributed by atoms with Gasteiger partial charge >= 0.3 is 0 Å². The van der Waals surface area contributed by atoms with Crippen molar-refractivity contribution in [2.45, 2.75) is 13.8 Å². The highest BCUT2D eigenvalue weighted by Gasteiger charge is 2.08. The third-order valence-electron chi connectivity index (χ3n) is 2.90. The monoisotopic (exact) mass is 289 g/mol. The van der Waals surface area contributed by atoms with Crippen LogP contribution in [0.3, 0.4) is 0 Å². The fraction of sp³-hybridized carbons (Fsp3) is 0.188. The van der Waals surface area contributed by atoms with Crippen molar-refractivity contribution in [2.75, 3.05) is 11.9 Å². The quantitative estimate of drug-likeness (QED) is 0.925. The molecule has 0 aliphatic carbocycles. The Hall–Kier alpha value is -2.00. The molecular formula is C16H16ClNO2. The molecular weight excluding hydrogens is 274 g/mol. The summed E-state index contributed by atoms with van der Waals surface area (Å²) in [4.78, 5) is 11.9. The summed E-state index contributed by atoms with van der Waals surface area (Å²) >= 11 is 5.98. The second-order valence-electron chi connectivity index (χ2n) is 4.54. The van der Waals surface area contributed by atoms with Crippen LogP contribution in [0.1, 0.15) is 11.1 Å². The minimum absolute atomic E-state index is 0.0447. The first-order chi connectivity index (χ1) is 9.58. The number of carbonyl (C=O) groups is 1. The van der Waals surface area contributed by atoms with E-state index in [1.54, 1.807) is 12.1 Å². The van der Waals surface area contributed by atoms with Crippen molar-refractivity contribution in [1.29, 1.82) is 0 Å². The minimum Gasteiger partial charge on any atom is -0.483 e. The number of benzene rings is 2. The number of para-hydroxylation sites is 2. The molecule has 0 aliphatic rings. The van der Waals surface area contributed by atoms with Crippen molar-refractivity contribution in [1.82, 2.24) is 0 Å². The first-order valence-electron chi connectivity index (χ1n) is 6.31. The predicted molar refractivity (Wildman–Crippen MR) is 81.5 cm³/mol. The molecule has 104 valence electrons. The molecule has 0 aromatic heterocycles. The Labute approximate surface area is 123 Å². The number of halogens is 1. The Balaban J connectivity index is 1.98. The van der Waals surface area contributed by atoms with Gasteiger partial charge in [0.1, 0.15) is 5.75 Å². The molecule has 0 fully saturated rings. The fourth-order valence-corrected chi connectivity index (χ4v) is 2.10. The van der Waals surface area contributed by atoms with E-state index in [2.05, 4.69) is 5.32 Å². The fourth-order valence-electron chi connectivity index (χ4n) is 1.91. The van der Waals surface area contributed by atoms with Gasteiger partial charge in [-0.25, -0.2) is 0 Å². The van der Waals surface area contributed by atoms with E-state index in [9.17, 15) is 4.79 Å². The van der Waals surface area contributed by atoms with Crippen molar-refractivity contribution >= 4 is 23.2 Å². The second kappa shape index (κ2) is 6.44. The summed E-state index contributed by atoms with van der Waals surface area (Å²) in [6, 6.07) is 13.0. The zero-order valence-corrected chi connectivity index (χ0v) is 12.2. The molecule has 4 heteroatoms. The number of amides is 1. The molecule has 0 spiro atoms. The molecule has 0 aliphatic heterocycles. The van der Waals surface area contributed by atoms with E-state index in [0.29, 0.717) is 10.7 Å². The number of hydrogen-bond donors (Lipinski definition) is 1. The Morgan fingerprint density at radius 2 is 1.75 bits per heavy atom. The van der Waals surface area contributed by atoms with Crippen LogP contribution in [0.25, 0.3) is 0 Å². The summed E-state index contributed by atoms with van der Waals surface area (Å²) in [6.45, 7) is 3.86. The van der Waals surface area contributed by atoms with Crippen LogP contribution in [-0.2, 0) is 4.79 Å². The summed E-state index contributed by atoms with van der Waals surface area (Å²) in [5.41, 5.74) is 2.61. The molecule has 0 radical (unpaired) electrons. The first kappa shape index (κ1) is 14.4. The number of nitrogens with one attached hydrogen (secondary N) is 1. The highest BCUT2D eigenvalue weighted by atomic mass is 35.5. The van der Waals surface area contributed by atoms with E-state index < -0.39 is 0 Å². The molecule has 2 aromatic rings. The molecule has 0 bridgehead atoms. The molecule has 0 unspecified atom stereocenters. The van der Waals surface area contributed by atoms with Crippen LogP contribution in [-0.4, -0.2) is 12.5 Å². The van der Waals surface area contributed by atoms with Crippen molar-refractivity contribution < 1.29 is 9.53 Å². The van der Waals surface area contributed by atoms with Crippen LogP contribution in [0.15, 0.2) is 42.5 Å². The number of anilines is 1. The Bertz CT molecular complexity index is 605. The molecule has 0 atom stereocenters. The topological polar surface area (TPSA) is 38.3 Å². The summed E-state index contributed by atoms with van der Waals surface area (Å²) in [5.74, 6) is 0.516. The normalized spacial score (nSPS) is 10.2. The van der Waals surface area contributed by atoms with Crippen LogP contribution < -0.4 is 10.1 Å². The Morgan fingerprint density at radius 1 is 1.10 bits per heavy atom. The average Bonchev–Trinajstić information content (AvgIpc) is 2.41. The SMILES string of the molecule is Cc1cccc(C)c1OCC(=O)Nc1ccccc1Cl. The summed E-state index contributed by atoms with van der Waals surface area (Å²) in [7, 11) is 0. The van der Waals surface area contributed by atoms with E-state index in [1.165, 1.54) is 0 Å². The molecule has 0 saturated heterocycles. The number of hydrogen-bond acceptors (Lipinski definition) is 2. The zero-order valence-electron chi connectivity index (χ0n) is 11.4. The molecule has 0 heterocycles. The van der Waals surface area contributed by atoms with Gasteiger partial charge in [0, 0.05) is 0 Å². The van der Waals surface area contributed by atoms with Gasteiger partial charge in [0.05, 0.1) is 10.7 Å². The van der Waals surface area contributed by atoms with Crippen LogP contribution in [0, 0.1) is 13.8 Å². The van der Waals surface area contributed by atoms with Gasteiger partial charge in [-0.1, -0.05) is 41.9 Å². The zero-order chi connectivity index (χ0) is 14.5. The first-order valence-corrected chi connectivity index (χ1v) is 6.69. The summed E-state index contributed by atoms with van der Waals surface area (Å²) < 4.78 is 5.59. The molecule has 1 amide bonds. The summed E-state index contributed by atoms with van der Waals surface area (Å²) in [5, 5.41) is 3.23. The number of ether oxygens (including phenoxy) is 1. The average molecular weight is 290 g/mol. The van der Waals surface area contributed by atoms with Crippen molar-refractivity contribution in [2.24, 2.45) is 0 Å². The number of aryl methyl sites for hydroxylation is 2. The predicted octanol–water partition coefficient (Wildman–Crippen LogP) is 3.97. The van der Waals surface area contributed by atoms with Gasteiger partial charge in [-0.05, 0) is 37.1 Å². The largest absolute Gasteiger partial charge is 0.483 e. The second-order valence-corrected chi connectivity index (χ2v) is 4.94. The molecule has 2 aromatic carbocycles. The molecule has 1 N–H and O–H groups in total.